The molecule has 1 amide bonds. The zero-order chi connectivity index (χ0) is 18.4. The zero-order valence-electron chi connectivity index (χ0n) is 15.7. The van der Waals surface area contributed by atoms with Gasteiger partial charge in [-0.1, -0.05) is 0 Å². The van der Waals surface area contributed by atoms with Crippen molar-refractivity contribution in [2.75, 3.05) is 26.8 Å². The molecule has 0 radical (unpaired) electrons. The maximum Gasteiger partial charge on any atom is 0.307 e. The summed E-state index contributed by atoms with van der Waals surface area (Å²) in [4.78, 5) is 25.9. The van der Waals surface area contributed by atoms with Crippen LogP contribution in [0.3, 0.4) is 0 Å². The highest BCUT2D eigenvalue weighted by atomic mass is 16.5. The number of methoxy groups -OCH3 is 1. The number of ether oxygens (including phenoxy) is 2. The van der Waals surface area contributed by atoms with Gasteiger partial charge in [0.2, 0.25) is 5.91 Å². The van der Waals surface area contributed by atoms with Crippen LogP contribution in [0.15, 0.2) is 0 Å². The smallest absolute Gasteiger partial charge is 0.307 e. The summed E-state index contributed by atoms with van der Waals surface area (Å²) in [5.74, 6) is -0.258. The lowest BCUT2D eigenvalue weighted by molar-refractivity contribution is -0.142. The van der Waals surface area contributed by atoms with E-state index >= 15 is 0 Å². The van der Waals surface area contributed by atoms with Crippen LogP contribution in [0.2, 0.25) is 0 Å². The van der Waals surface area contributed by atoms with Gasteiger partial charge in [-0.25, -0.2) is 0 Å². The standard InChI is InChI=1S/C18H29N3O4/c1-13-16(14(2)20(3)19-13)7-8-17(22)21(10-9-18(23)24-4)12-15-6-5-11-25-15/h15H,5-12H2,1-4H3. The number of nitrogens with zero attached hydrogens (tertiary/aromatic N) is 3. The van der Waals surface area contributed by atoms with Crippen LogP contribution in [0, 0.1) is 13.8 Å². The molecule has 0 aliphatic carbocycles. The minimum atomic E-state index is -0.302. The van der Waals surface area contributed by atoms with Crippen LogP contribution in [0.4, 0.5) is 0 Å². The van der Waals surface area contributed by atoms with Crippen molar-refractivity contribution in [2.45, 2.75) is 52.1 Å². The predicted octanol–water partition coefficient (Wildman–Crippen LogP) is 1.54. The molecule has 140 valence electrons. The Morgan fingerprint density at radius 1 is 1.36 bits per heavy atom. The number of aryl methyl sites for hydroxylation is 2. The summed E-state index contributed by atoms with van der Waals surface area (Å²) in [6.45, 7) is 5.64. The van der Waals surface area contributed by atoms with Crippen LogP contribution in [0.5, 0.6) is 0 Å². The SMILES string of the molecule is COC(=O)CCN(CC1CCCO1)C(=O)CCc1c(C)nn(C)c1C. The Bertz CT molecular complexity index is 606. The average molecular weight is 351 g/mol. The second-order valence-corrected chi connectivity index (χ2v) is 6.57. The minimum absolute atomic E-state index is 0.0436. The van der Waals surface area contributed by atoms with Gasteiger partial charge >= 0.3 is 5.97 Å². The minimum Gasteiger partial charge on any atom is -0.469 e. The molecule has 1 aromatic rings. The van der Waals surface area contributed by atoms with Gasteiger partial charge in [-0.05, 0) is 38.7 Å². The van der Waals surface area contributed by atoms with E-state index in [-0.39, 0.29) is 24.4 Å². The third kappa shape index (κ3) is 5.29. The molecule has 1 fully saturated rings. The first-order valence-electron chi connectivity index (χ1n) is 8.87. The Kier molecular flexibility index (Phi) is 6.99. The van der Waals surface area contributed by atoms with Gasteiger partial charge < -0.3 is 14.4 Å². The molecule has 1 atom stereocenters. The maximum atomic E-state index is 12.7. The van der Waals surface area contributed by atoms with Crippen LogP contribution < -0.4 is 0 Å². The van der Waals surface area contributed by atoms with Crippen molar-refractivity contribution in [3.8, 4) is 0 Å². The molecule has 0 saturated carbocycles. The Morgan fingerprint density at radius 3 is 2.68 bits per heavy atom. The molecule has 1 unspecified atom stereocenters. The molecule has 25 heavy (non-hydrogen) atoms. The van der Waals surface area contributed by atoms with Crippen molar-refractivity contribution in [3.63, 3.8) is 0 Å². The molecule has 0 aromatic carbocycles. The van der Waals surface area contributed by atoms with E-state index < -0.39 is 0 Å². The van der Waals surface area contributed by atoms with Gasteiger partial charge in [0.1, 0.15) is 0 Å². The lowest BCUT2D eigenvalue weighted by atomic mass is 10.1. The average Bonchev–Trinajstić information content (AvgIpc) is 3.18. The van der Waals surface area contributed by atoms with E-state index in [0.717, 1.165) is 36.4 Å². The Morgan fingerprint density at radius 2 is 2.12 bits per heavy atom. The fourth-order valence-corrected chi connectivity index (χ4v) is 3.25. The largest absolute Gasteiger partial charge is 0.469 e. The number of aromatic nitrogens is 2. The molecule has 1 aliphatic heterocycles. The van der Waals surface area contributed by atoms with Gasteiger partial charge in [0, 0.05) is 38.9 Å². The summed E-state index contributed by atoms with van der Waals surface area (Å²) in [5, 5.41) is 4.40. The first-order valence-corrected chi connectivity index (χ1v) is 8.87. The molecule has 0 spiro atoms. The van der Waals surface area contributed by atoms with Crippen LogP contribution >= 0.6 is 0 Å². The Labute approximate surface area is 149 Å². The lowest BCUT2D eigenvalue weighted by Crippen LogP contribution is -2.39. The summed E-state index contributed by atoms with van der Waals surface area (Å²) < 4.78 is 12.2. The fraction of sp³-hybridized carbons (Fsp3) is 0.722. The summed E-state index contributed by atoms with van der Waals surface area (Å²) in [7, 11) is 3.27. The Balaban J connectivity index is 1.96. The number of carbonyl (C=O) groups is 2. The molecule has 7 nitrogen and oxygen atoms in total. The highest BCUT2D eigenvalue weighted by Gasteiger charge is 2.23. The van der Waals surface area contributed by atoms with E-state index in [1.165, 1.54) is 7.11 Å². The number of amides is 1. The van der Waals surface area contributed by atoms with E-state index in [1.807, 2.05) is 25.6 Å². The Hall–Kier alpha value is -1.89. The molecular weight excluding hydrogens is 322 g/mol. The van der Waals surface area contributed by atoms with Crippen molar-refractivity contribution >= 4 is 11.9 Å². The monoisotopic (exact) mass is 351 g/mol. The highest BCUT2D eigenvalue weighted by Crippen LogP contribution is 2.17. The quantitative estimate of drug-likeness (QED) is 0.664. The van der Waals surface area contributed by atoms with E-state index in [1.54, 1.807) is 4.90 Å². The number of rotatable bonds is 8. The van der Waals surface area contributed by atoms with E-state index in [0.29, 0.717) is 25.9 Å². The molecule has 1 saturated heterocycles. The van der Waals surface area contributed by atoms with Gasteiger partial charge in [-0.2, -0.15) is 5.10 Å². The van der Waals surface area contributed by atoms with Crippen molar-refractivity contribution in [3.05, 3.63) is 17.0 Å². The van der Waals surface area contributed by atoms with E-state index in [9.17, 15) is 9.59 Å². The third-order valence-corrected chi connectivity index (χ3v) is 4.86. The van der Waals surface area contributed by atoms with Gasteiger partial charge in [0.05, 0.1) is 25.3 Å². The van der Waals surface area contributed by atoms with Crippen LogP contribution in [-0.4, -0.2) is 59.5 Å². The van der Waals surface area contributed by atoms with E-state index in [4.69, 9.17) is 9.47 Å². The molecule has 1 aliphatic rings. The molecule has 1 aromatic heterocycles. The topological polar surface area (TPSA) is 73.7 Å². The first-order chi connectivity index (χ1) is 11.9. The molecule has 2 rings (SSSR count). The van der Waals surface area contributed by atoms with Crippen LogP contribution in [-0.2, 0) is 32.5 Å². The second kappa shape index (κ2) is 8.99. The number of hydrogen-bond donors (Lipinski definition) is 0. The van der Waals surface area contributed by atoms with Crippen molar-refractivity contribution in [1.82, 2.24) is 14.7 Å². The van der Waals surface area contributed by atoms with Gasteiger partial charge in [0.15, 0.2) is 0 Å². The third-order valence-electron chi connectivity index (χ3n) is 4.86. The summed E-state index contributed by atoms with van der Waals surface area (Å²) >= 11 is 0. The molecule has 0 N–H and O–H groups in total. The van der Waals surface area contributed by atoms with Crippen molar-refractivity contribution in [1.29, 1.82) is 0 Å². The first kappa shape index (κ1) is 19.4. The second-order valence-electron chi connectivity index (χ2n) is 6.57. The number of esters is 1. The van der Waals surface area contributed by atoms with Gasteiger partial charge in [-0.15, -0.1) is 0 Å². The van der Waals surface area contributed by atoms with Gasteiger partial charge in [-0.3, -0.25) is 14.3 Å². The number of carbonyl (C=O) groups excluding carboxylic acids is 2. The molecule has 2 heterocycles. The van der Waals surface area contributed by atoms with Crippen molar-refractivity contribution in [2.24, 2.45) is 7.05 Å². The van der Waals surface area contributed by atoms with Crippen LogP contribution in [0.1, 0.15) is 42.6 Å². The van der Waals surface area contributed by atoms with Gasteiger partial charge in [0.25, 0.3) is 0 Å². The molecule has 7 heteroatoms. The molecular formula is C18H29N3O4. The fourth-order valence-electron chi connectivity index (χ4n) is 3.25. The number of hydrogen-bond acceptors (Lipinski definition) is 5. The summed E-state index contributed by atoms with van der Waals surface area (Å²) in [5.41, 5.74) is 3.18. The predicted molar refractivity (Wildman–Crippen MR) is 93.2 cm³/mol. The highest BCUT2D eigenvalue weighted by molar-refractivity contribution is 5.77. The summed E-state index contributed by atoms with van der Waals surface area (Å²) in [6, 6.07) is 0. The van der Waals surface area contributed by atoms with Crippen molar-refractivity contribution < 1.29 is 19.1 Å². The maximum absolute atomic E-state index is 12.7. The molecule has 0 bridgehead atoms. The lowest BCUT2D eigenvalue weighted by Gasteiger charge is -2.25. The van der Waals surface area contributed by atoms with Crippen LogP contribution in [0.25, 0.3) is 0 Å². The zero-order valence-corrected chi connectivity index (χ0v) is 15.7. The normalized spacial score (nSPS) is 16.9. The van der Waals surface area contributed by atoms with E-state index in [2.05, 4.69) is 5.10 Å². The summed E-state index contributed by atoms with van der Waals surface area (Å²) in [6.07, 6.45) is 3.33.